The zero-order chi connectivity index (χ0) is 21.4. The Kier molecular flexibility index (Phi) is 5.69. The highest BCUT2D eigenvalue weighted by Crippen LogP contribution is 2.28. The molecular weight excluding hydrogens is 388 g/mol. The minimum Gasteiger partial charge on any atom is -0.297 e. The normalized spacial score (nSPS) is 20.8. The molecule has 0 radical (unpaired) electrons. The number of nitrogens with zero attached hydrogens (tertiary/aromatic N) is 6. The largest absolute Gasteiger partial charge is 0.330 e. The molecule has 7 heteroatoms. The molecule has 1 aliphatic heterocycles. The summed E-state index contributed by atoms with van der Waals surface area (Å²) < 4.78 is 6.05. The standard InChI is InChI=1S/C24H34N6O/c1-3-29-18(2)20(14-26-29)16-27-13-11-21(17-27)30-23-22(10-7-12-25-23)28(24(30)31)15-19-8-5-4-6-9-19/h7,10,12,14,19,21H,3-6,8-9,11,13,15-17H2,1-2H3. The van der Waals surface area contributed by atoms with Crippen LogP contribution in [0, 0.1) is 12.8 Å². The second kappa shape index (κ2) is 8.61. The average Bonchev–Trinajstić information content (AvgIpc) is 3.47. The van der Waals surface area contributed by atoms with Crippen LogP contribution >= 0.6 is 0 Å². The molecule has 5 rings (SSSR count). The van der Waals surface area contributed by atoms with Crippen LogP contribution < -0.4 is 5.69 Å². The van der Waals surface area contributed by atoms with Gasteiger partial charge in [0.25, 0.3) is 0 Å². The van der Waals surface area contributed by atoms with E-state index in [1.54, 1.807) is 0 Å². The van der Waals surface area contributed by atoms with Gasteiger partial charge >= 0.3 is 5.69 Å². The number of aromatic nitrogens is 5. The van der Waals surface area contributed by atoms with Crippen LogP contribution in [0.5, 0.6) is 0 Å². The van der Waals surface area contributed by atoms with Gasteiger partial charge in [-0.2, -0.15) is 5.10 Å². The molecule has 1 saturated heterocycles. The van der Waals surface area contributed by atoms with E-state index in [1.807, 2.05) is 27.6 Å². The Bertz CT molecular complexity index is 1100. The molecule has 4 heterocycles. The molecule has 1 saturated carbocycles. The van der Waals surface area contributed by atoms with E-state index < -0.39 is 0 Å². The number of aryl methyl sites for hydroxylation is 1. The van der Waals surface area contributed by atoms with Gasteiger partial charge in [-0.15, -0.1) is 0 Å². The van der Waals surface area contributed by atoms with Gasteiger partial charge in [0, 0.05) is 50.2 Å². The topological polar surface area (TPSA) is 60.9 Å². The number of hydrogen-bond acceptors (Lipinski definition) is 4. The highest BCUT2D eigenvalue weighted by molar-refractivity contribution is 5.71. The molecule has 0 amide bonds. The van der Waals surface area contributed by atoms with E-state index >= 15 is 0 Å². The molecule has 2 fully saturated rings. The third-order valence-electron chi connectivity index (χ3n) is 7.40. The van der Waals surface area contributed by atoms with Gasteiger partial charge < -0.3 is 0 Å². The molecule has 0 aromatic carbocycles. The Morgan fingerprint density at radius 1 is 1.16 bits per heavy atom. The van der Waals surface area contributed by atoms with Crippen molar-refractivity contribution in [2.45, 2.75) is 78.0 Å². The van der Waals surface area contributed by atoms with Gasteiger partial charge in [0.15, 0.2) is 5.65 Å². The minimum absolute atomic E-state index is 0.126. The number of pyridine rings is 1. The number of hydrogen-bond donors (Lipinski definition) is 0. The van der Waals surface area contributed by atoms with E-state index in [-0.39, 0.29) is 11.7 Å². The summed E-state index contributed by atoms with van der Waals surface area (Å²) in [5.41, 5.74) is 4.50. The molecule has 1 atom stereocenters. The predicted octanol–water partition coefficient (Wildman–Crippen LogP) is 3.75. The first kappa shape index (κ1) is 20.5. The molecule has 3 aromatic heterocycles. The third kappa shape index (κ3) is 3.84. The van der Waals surface area contributed by atoms with Crippen LogP contribution in [0.15, 0.2) is 29.3 Å². The second-order valence-corrected chi connectivity index (χ2v) is 9.36. The molecule has 1 aliphatic carbocycles. The fourth-order valence-electron chi connectivity index (χ4n) is 5.61. The third-order valence-corrected chi connectivity index (χ3v) is 7.40. The van der Waals surface area contributed by atoms with Crippen LogP contribution in [0.2, 0.25) is 0 Å². The quantitative estimate of drug-likeness (QED) is 0.607. The van der Waals surface area contributed by atoms with E-state index in [0.29, 0.717) is 5.92 Å². The van der Waals surface area contributed by atoms with Crippen LogP contribution in [0.3, 0.4) is 0 Å². The highest BCUT2D eigenvalue weighted by atomic mass is 16.1. The number of rotatable bonds is 6. The Morgan fingerprint density at radius 3 is 2.77 bits per heavy atom. The van der Waals surface area contributed by atoms with Crippen LogP contribution in [-0.2, 0) is 19.6 Å². The summed E-state index contributed by atoms with van der Waals surface area (Å²) in [4.78, 5) is 20.7. The summed E-state index contributed by atoms with van der Waals surface area (Å²) in [7, 11) is 0. The fourth-order valence-corrected chi connectivity index (χ4v) is 5.61. The van der Waals surface area contributed by atoms with Gasteiger partial charge in [0.2, 0.25) is 0 Å². The molecule has 0 spiro atoms. The first-order valence-electron chi connectivity index (χ1n) is 11.9. The SMILES string of the molecule is CCn1ncc(CN2CCC(n3c(=O)n(CC4CCCCC4)c4cccnc43)C2)c1C. The van der Waals surface area contributed by atoms with Crippen molar-refractivity contribution in [2.75, 3.05) is 13.1 Å². The van der Waals surface area contributed by atoms with E-state index in [2.05, 4.69) is 39.6 Å². The van der Waals surface area contributed by atoms with Crippen LogP contribution in [0.1, 0.15) is 62.7 Å². The lowest BCUT2D eigenvalue weighted by Crippen LogP contribution is -2.31. The lowest BCUT2D eigenvalue weighted by molar-refractivity contribution is 0.308. The van der Waals surface area contributed by atoms with Crippen molar-refractivity contribution < 1.29 is 0 Å². The van der Waals surface area contributed by atoms with E-state index in [9.17, 15) is 4.79 Å². The summed E-state index contributed by atoms with van der Waals surface area (Å²) in [6.45, 7) is 8.78. The summed E-state index contributed by atoms with van der Waals surface area (Å²) >= 11 is 0. The van der Waals surface area contributed by atoms with E-state index in [1.165, 1.54) is 43.4 Å². The van der Waals surface area contributed by atoms with Crippen LogP contribution in [0.25, 0.3) is 11.2 Å². The smallest absolute Gasteiger partial charge is 0.297 e. The van der Waals surface area contributed by atoms with E-state index in [0.717, 1.165) is 50.3 Å². The molecule has 0 bridgehead atoms. The monoisotopic (exact) mass is 422 g/mol. The molecular formula is C24H34N6O. The predicted molar refractivity (Wildman–Crippen MR) is 122 cm³/mol. The van der Waals surface area contributed by atoms with Crippen LogP contribution in [0.4, 0.5) is 0 Å². The second-order valence-electron chi connectivity index (χ2n) is 9.36. The lowest BCUT2D eigenvalue weighted by atomic mass is 9.89. The zero-order valence-electron chi connectivity index (χ0n) is 18.8. The van der Waals surface area contributed by atoms with Crippen molar-refractivity contribution in [2.24, 2.45) is 5.92 Å². The minimum atomic E-state index is 0.126. The molecule has 0 N–H and O–H groups in total. The van der Waals surface area contributed by atoms with Gasteiger partial charge in [-0.25, -0.2) is 9.78 Å². The lowest BCUT2D eigenvalue weighted by Gasteiger charge is -2.21. The van der Waals surface area contributed by atoms with Crippen molar-refractivity contribution in [3.05, 3.63) is 46.3 Å². The maximum absolute atomic E-state index is 13.6. The number of fused-ring (bicyclic) bond motifs is 1. The highest BCUT2D eigenvalue weighted by Gasteiger charge is 2.29. The van der Waals surface area contributed by atoms with Gasteiger partial charge in [0.1, 0.15) is 0 Å². The van der Waals surface area contributed by atoms with Crippen molar-refractivity contribution in [3.8, 4) is 0 Å². The zero-order valence-corrected chi connectivity index (χ0v) is 18.8. The van der Waals surface area contributed by atoms with Crippen LogP contribution in [-0.4, -0.2) is 41.9 Å². The molecule has 3 aromatic rings. The summed E-state index contributed by atoms with van der Waals surface area (Å²) in [6.07, 6.45) is 11.2. The number of likely N-dealkylation sites (tertiary alicyclic amines) is 1. The van der Waals surface area contributed by atoms with Crippen molar-refractivity contribution >= 4 is 11.2 Å². The first-order valence-corrected chi connectivity index (χ1v) is 11.9. The Morgan fingerprint density at radius 2 is 2.00 bits per heavy atom. The summed E-state index contributed by atoms with van der Waals surface area (Å²) in [5.74, 6) is 0.615. The molecule has 2 aliphatic rings. The van der Waals surface area contributed by atoms with E-state index in [4.69, 9.17) is 0 Å². The maximum atomic E-state index is 13.6. The Balaban J connectivity index is 1.39. The van der Waals surface area contributed by atoms with Gasteiger partial charge in [-0.3, -0.25) is 18.7 Å². The summed E-state index contributed by atoms with van der Waals surface area (Å²) in [6, 6.07) is 4.20. The van der Waals surface area contributed by atoms with Crippen molar-refractivity contribution in [1.29, 1.82) is 0 Å². The molecule has 7 nitrogen and oxygen atoms in total. The average molecular weight is 423 g/mol. The van der Waals surface area contributed by atoms with Crippen molar-refractivity contribution in [1.82, 2.24) is 28.8 Å². The molecule has 166 valence electrons. The Labute approximate surface area is 183 Å². The number of imidazole rings is 1. The molecule has 31 heavy (non-hydrogen) atoms. The first-order chi connectivity index (χ1) is 15.2. The van der Waals surface area contributed by atoms with Crippen molar-refractivity contribution in [3.63, 3.8) is 0 Å². The summed E-state index contributed by atoms with van der Waals surface area (Å²) in [5, 5.41) is 4.49. The maximum Gasteiger partial charge on any atom is 0.330 e. The fraction of sp³-hybridized carbons (Fsp3) is 0.625. The van der Waals surface area contributed by atoms with Gasteiger partial charge in [-0.1, -0.05) is 19.3 Å². The van der Waals surface area contributed by atoms with Gasteiger partial charge in [-0.05, 0) is 51.2 Å². The molecule has 1 unspecified atom stereocenters. The Hall–Kier alpha value is -2.41. The van der Waals surface area contributed by atoms with Gasteiger partial charge in [0.05, 0.1) is 17.8 Å².